The number of benzene rings is 3. The Morgan fingerprint density at radius 2 is 0.963 bits per heavy atom. The molecule has 136 valence electrons. The third-order valence-corrected chi connectivity index (χ3v) is 5.76. The maximum absolute atomic E-state index is 6.45. The number of hydrogen-bond donors (Lipinski definition) is 0. The van der Waals surface area contributed by atoms with Gasteiger partial charge >= 0.3 is 7.12 Å². The van der Waals surface area contributed by atoms with Gasteiger partial charge in [0.05, 0.1) is 11.2 Å². The third-order valence-electron chi connectivity index (χ3n) is 5.76. The smallest absolute Gasteiger partial charge is 0.399 e. The van der Waals surface area contributed by atoms with Crippen molar-refractivity contribution in [2.24, 2.45) is 0 Å². The Hall–Kier alpha value is -2.36. The molecule has 0 amide bonds. The van der Waals surface area contributed by atoms with Crippen LogP contribution in [0.2, 0.25) is 0 Å². The van der Waals surface area contributed by atoms with Crippen molar-refractivity contribution in [1.82, 2.24) is 0 Å². The van der Waals surface area contributed by atoms with Crippen LogP contribution in [-0.2, 0) is 9.31 Å². The molecular formula is C24H25BO2. The van der Waals surface area contributed by atoms with E-state index in [9.17, 15) is 0 Å². The Morgan fingerprint density at radius 3 is 1.37 bits per heavy atom. The molecule has 1 heterocycles. The van der Waals surface area contributed by atoms with Crippen LogP contribution in [0.5, 0.6) is 0 Å². The third kappa shape index (κ3) is 3.22. The lowest BCUT2D eigenvalue weighted by atomic mass is 9.70. The minimum absolute atomic E-state index is 0.380. The molecule has 1 fully saturated rings. The van der Waals surface area contributed by atoms with Gasteiger partial charge in [-0.15, -0.1) is 0 Å². The van der Waals surface area contributed by atoms with E-state index < -0.39 is 7.12 Å². The standard InChI is InChI=1S/C24H25BO2/c1-23(2)24(3,4)27-25(26-23)22-20(18-12-7-5-8-13-18)16-11-17-21(22)19-14-9-6-10-15-19/h5-17H,1-4H3. The van der Waals surface area contributed by atoms with Gasteiger partial charge in [0, 0.05) is 0 Å². The summed E-state index contributed by atoms with van der Waals surface area (Å²) in [4.78, 5) is 0. The molecule has 27 heavy (non-hydrogen) atoms. The second-order valence-electron chi connectivity index (χ2n) is 8.09. The first-order chi connectivity index (χ1) is 12.9. The zero-order valence-electron chi connectivity index (χ0n) is 16.4. The Bertz CT molecular complexity index is 859. The lowest BCUT2D eigenvalue weighted by Gasteiger charge is -2.32. The molecular weight excluding hydrogens is 331 g/mol. The summed E-state index contributed by atoms with van der Waals surface area (Å²) >= 11 is 0. The van der Waals surface area contributed by atoms with Gasteiger partial charge in [-0.3, -0.25) is 0 Å². The van der Waals surface area contributed by atoms with E-state index in [1.54, 1.807) is 0 Å². The highest BCUT2D eigenvalue weighted by Gasteiger charge is 2.52. The summed E-state index contributed by atoms with van der Waals surface area (Å²) in [5, 5.41) is 0. The molecule has 0 radical (unpaired) electrons. The van der Waals surface area contributed by atoms with E-state index >= 15 is 0 Å². The van der Waals surface area contributed by atoms with Crippen molar-refractivity contribution in [3.05, 3.63) is 78.9 Å². The molecule has 3 aromatic carbocycles. The quantitative estimate of drug-likeness (QED) is 0.592. The molecule has 4 rings (SSSR count). The monoisotopic (exact) mass is 356 g/mol. The molecule has 0 aromatic heterocycles. The molecule has 1 aliphatic rings. The number of hydrogen-bond acceptors (Lipinski definition) is 2. The average Bonchev–Trinajstić information content (AvgIpc) is 2.89. The van der Waals surface area contributed by atoms with Crippen LogP contribution in [0.15, 0.2) is 78.9 Å². The van der Waals surface area contributed by atoms with Gasteiger partial charge in [0.15, 0.2) is 0 Å². The zero-order valence-corrected chi connectivity index (χ0v) is 16.4. The Labute approximate surface area is 162 Å². The fraction of sp³-hybridized carbons (Fsp3) is 0.250. The van der Waals surface area contributed by atoms with Crippen molar-refractivity contribution in [1.29, 1.82) is 0 Å². The van der Waals surface area contributed by atoms with Crippen molar-refractivity contribution in [2.45, 2.75) is 38.9 Å². The molecule has 1 saturated heterocycles. The van der Waals surface area contributed by atoms with Crippen LogP contribution >= 0.6 is 0 Å². The highest BCUT2D eigenvalue weighted by Crippen LogP contribution is 2.38. The van der Waals surface area contributed by atoms with E-state index in [1.807, 2.05) is 12.1 Å². The summed E-state index contributed by atoms with van der Waals surface area (Å²) in [6.45, 7) is 8.39. The maximum Gasteiger partial charge on any atom is 0.496 e. The molecule has 1 aliphatic heterocycles. The largest absolute Gasteiger partial charge is 0.496 e. The highest BCUT2D eigenvalue weighted by molar-refractivity contribution is 6.65. The molecule has 0 spiro atoms. The predicted octanol–water partition coefficient (Wildman–Crippen LogP) is 5.32. The summed E-state index contributed by atoms with van der Waals surface area (Å²) in [5.74, 6) is 0. The first-order valence-electron chi connectivity index (χ1n) is 9.48. The lowest BCUT2D eigenvalue weighted by Crippen LogP contribution is -2.41. The van der Waals surface area contributed by atoms with Crippen LogP contribution in [0.25, 0.3) is 22.3 Å². The van der Waals surface area contributed by atoms with Crippen molar-refractivity contribution < 1.29 is 9.31 Å². The van der Waals surface area contributed by atoms with Gasteiger partial charge in [0.2, 0.25) is 0 Å². The minimum atomic E-state index is -0.415. The molecule has 0 N–H and O–H groups in total. The molecule has 0 unspecified atom stereocenters. The van der Waals surface area contributed by atoms with Gasteiger partial charge in [0.1, 0.15) is 0 Å². The van der Waals surface area contributed by atoms with Gasteiger partial charge < -0.3 is 9.31 Å². The van der Waals surface area contributed by atoms with Crippen LogP contribution < -0.4 is 5.46 Å². The van der Waals surface area contributed by atoms with Gasteiger partial charge in [-0.2, -0.15) is 0 Å². The first-order valence-corrected chi connectivity index (χ1v) is 9.48. The lowest BCUT2D eigenvalue weighted by molar-refractivity contribution is 0.00578. The topological polar surface area (TPSA) is 18.5 Å². The van der Waals surface area contributed by atoms with E-state index in [1.165, 1.54) is 11.1 Å². The van der Waals surface area contributed by atoms with E-state index in [-0.39, 0.29) is 11.2 Å². The van der Waals surface area contributed by atoms with Gasteiger partial charge in [0.25, 0.3) is 0 Å². The normalized spacial score (nSPS) is 17.9. The summed E-state index contributed by atoms with van der Waals surface area (Å²) in [6, 6.07) is 27.3. The molecule has 0 atom stereocenters. The first kappa shape index (κ1) is 18.0. The van der Waals surface area contributed by atoms with Crippen LogP contribution in [0, 0.1) is 0 Å². The second kappa shape index (κ2) is 6.67. The van der Waals surface area contributed by atoms with Crippen LogP contribution in [0.1, 0.15) is 27.7 Å². The maximum atomic E-state index is 6.45. The summed E-state index contributed by atoms with van der Waals surface area (Å²) < 4.78 is 12.9. The SMILES string of the molecule is CC1(C)OB(c2c(-c3ccccc3)cccc2-c2ccccc2)OC1(C)C. The van der Waals surface area contributed by atoms with E-state index in [2.05, 4.69) is 94.4 Å². The predicted molar refractivity (Wildman–Crippen MR) is 113 cm³/mol. The van der Waals surface area contributed by atoms with Crippen molar-refractivity contribution >= 4 is 12.6 Å². The van der Waals surface area contributed by atoms with Crippen LogP contribution in [0.4, 0.5) is 0 Å². The average molecular weight is 356 g/mol. The minimum Gasteiger partial charge on any atom is -0.399 e. The van der Waals surface area contributed by atoms with E-state index in [0.717, 1.165) is 16.6 Å². The summed E-state index contributed by atoms with van der Waals surface area (Å²) in [6.07, 6.45) is 0. The molecule has 2 nitrogen and oxygen atoms in total. The fourth-order valence-corrected chi connectivity index (χ4v) is 3.52. The Morgan fingerprint density at radius 1 is 0.556 bits per heavy atom. The van der Waals surface area contributed by atoms with Crippen molar-refractivity contribution in [3.63, 3.8) is 0 Å². The van der Waals surface area contributed by atoms with Gasteiger partial charge in [-0.1, -0.05) is 78.9 Å². The molecule has 0 aliphatic carbocycles. The van der Waals surface area contributed by atoms with Crippen LogP contribution in [0.3, 0.4) is 0 Å². The molecule has 3 aromatic rings. The fourth-order valence-electron chi connectivity index (χ4n) is 3.52. The van der Waals surface area contributed by atoms with Crippen LogP contribution in [-0.4, -0.2) is 18.3 Å². The van der Waals surface area contributed by atoms with Crippen molar-refractivity contribution in [2.75, 3.05) is 0 Å². The molecule has 0 saturated carbocycles. The zero-order chi connectivity index (χ0) is 19.1. The summed E-state index contributed by atoms with van der Waals surface area (Å²) in [7, 11) is -0.415. The van der Waals surface area contributed by atoms with Gasteiger partial charge in [-0.05, 0) is 55.4 Å². The Balaban J connectivity index is 1.93. The molecule has 0 bridgehead atoms. The highest BCUT2D eigenvalue weighted by atomic mass is 16.7. The van der Waals surface area contributed by atoms with Crippen molar-refractivity contribution in [3.8, 4) is 22.3 Å². The molecule has 3 heteroatoms. The van der Waals surface area contributed by atoms with E-state index in [4.69, 9.17) is 9.31 Å². The summed E-state index contributed by atoms with van der Waals surface area (Å²) in [5.41, 5.74) is 4.96. The number of rotatable bonds is 3. The Kier molecular flexibility index (Phi) is 4.45. The van der Waals surface area contributed by atoms with Gasteiger partial charge in [-0.25, -0.2) is 0 Å². The van der Waals surface area contributed by atoms with E-state index in [0.29, 0.717) is 0 Å². The second-order valence-corrected chi connectivity index (χ2v) is 8.09.